The van der Waals surface area contributed by atoms with E-state index in [1.54, 1.807) is 11.0 Å². The van der Waals surface area contributed by atoms with Gasteiger partial charge in [0.2, 0.25) is 0 Å². The lowest BCUT2D eigenvalue weighted by atomic mass is 10.2. The standard InChI is InChI=1S/C18H18N4O3/c1-13-19-20-16-11-21(8-9-22(13)16)18(23)17-14(7-10-24-17)12-25-15-5-3-2-4-6-15/h2-7,10H,8-9,11-12H2,1H3. The van der Waals surface area contributed by atoms with E-state index in [0.717, 1.165) is 23.0 Å². The van der Waals surface area contributed by atoms with Crippen LogP contribution in [0.3, 0.4) is 0 Å². The van der Waals surface area contributed by atoms with Gasteiger partial charge in [0, 0.05) is 18.7 Å². The minimum absolute atomic E-state index is 0.149. The monoisotopic (exact) mass is 338 g/mol. The number of fused-ring (bicyclic) bond motifs is 1. The molecule has 3 heterocycles. The molecule has 1 aromatic carbocycles. The van der Waals surface area contributed by atoms with Crippen molar-refractivity contribution >= 4 is 5.91 Å². The summed E-state index contributed by atoms with van der Waals surface area (Å²) in [5, 5.41) is 8.20. The van der Waals surface area contributed by atoms with E-state index in [0.29, 0.717) is 25.4 Å². The third-order valence-corrected chi connectivity index (χ3v) is 4.30. The second-order valence-electron chi connectivity index (χ2n) is 5.92. The normalized spacial score (nSPS) is 13.6. The molecule has 7 heteroatoms. The summed E-state index contributed by atoms with van der Waals surface area (Å²) in [6.07, 6.45) is 1.52. The van der Waals surface area contributed by atoms with Crippen LogP contribution in [0, 0.1) is 6.92 Å². The highest BCUT2D eigenvalue weighted by Crippen LogP contribution is 2.20. The Kier molecular flexibility index (Phi) is 3.97. The van der Waals surface area contributed by atoms with Gasteiger partial charge < -0.3 is 18.6 Å². The van der Waals surface area contributed by atoms with Crippen molar-refractivity contribution in [3.63, 3.8) is 0 Å². The number of hydrogen-bond donors (Lipinski definition) is 0. The van der Waals surface area contributed by atoms with Crippen molar-refractivity contribution in [1.82, 2.24) is 19.7 Å². The first-order valence-corrected chi connectivity index (χ1v) is 8.14. The maximum absolute atomic E-state index is 12.8. The number of rotatable bonds is 4. The molecule has 25 heavy (non-hydrogen) atoms. The Bertz CT molecular complexity index is 885. The molecule has 0 N–H and O–H groups in total. The lowest BCUT2D eigenvalue weighted by Crippen LogP contribution is -2.38. The summed E-state index contributed by atoms with van der Waals surface area (Å²) in [7, 11) is 0. The van der Waals surface area contributed by atoms with E-state index >= 15 is 0 Å². The van der Waals surface area contributed by atoms with Gasteiger partial charge in [-0.3, -0.25) is 4.79 Å². The quantitative estimate of drug-likeness (QED) is 0.730. The Morgan fingerprint density at radius 2 is 2.04 bits per heavy atom. The molecule has 1 amide bonds. The van der Waals surface area contributed by atoms with E-state index in [4.69, 9.17) is 9.15 Å². The van der Waals surface area contributed by atoms with E-state index in [1.165, 1.54) is 6.26 Å². The molecule has 7 nitrogen and oxygen atoms in total. The van der Waals surface area contributed by atoms with Gasteiger partial charge in [0.25, 0.3) is 5.91 Å². The summed E-state index contributed by atoms with van der Waals surface area (Å²) in [5.41, 5.74) is 0.733. The molecule has 0 spiro atoms. The fraction of sp³-hybridized carbons (Fsp3) is 0.278. The van der Waals surface area contributed by atoms with Crippen LogP contribution >= 0.6 is 0 Å². The van der Waals surface area contributed by atoms with Crippen LogP contribution in [0.2, 0.25) is 0 Å². The minimum atomic E-state index is -0.149. The van der Waals surface area contributed by atoms with Crippen LogP contribution in [0.15, 0.2) is 47.1 Å². The Morgan fingerprint density at radius 1 is 1.20 bits per heavy atom. The van der Waals surface area contributed by atoms with Crippen molar-refractivity contribution in [3.05, 3.63) is 65.6 Å². The number of nitrogens with zero attached hydrogens (tertiary/aromatic N) is 4. The first kappa shape index (κ1) is 15.4. The number of benzene rings is 1. The molecule has 0 saturated heterocycles. The molecule has 0 aliphatic carbocycles. The lowest BCUT2D eigenvalue weighted by molar-refractivity contribution is 0.0670. The zero-order valence-corrected chi connectivity index (χ0v) is 13.9. The highest BCUT2D eigenvalue weighted by Gasteiger charge is 2.27. The van der Waals surface area contributed by atoms with Crippen molar-refractivity contribution in [2.24, 2.45) is 0 Å². The van der Waals surface area contributed by atoms with Gasteiger partial charge >= 0.3 is 0 Å². The molecule has 0 bridgehead atoms. The van der Waals surface area contributed by atoms with Gasteiger partial charge in [-0.1, -0.05) is 18.2 Å². The molecule has 0 atom stereocenters. The summed E-state index contributed by atoms with van der Waals surface area (Å²) in [4.78, 5) is 14.6. The molecule has 3 aromatic rings. The van der Waals surface area contributed by atoms with Crippen LogP contribution in [0.1, 0.15) is 27.8 Å². The Labute approximate surface area is 144 Å². The average Bonchev–Trinajstić information content (AvgIpc) is 3.27. The molecule has 128 valence electrons. The second-order valence-corrected chi connectivity index (χ2v) is 5.92. The van der Waals surface area contributed by atoms with Crippen LogP contribution in [-0.2, 0) is 19.7 Å². The Balaban J connectivity index is 1.47. The van der Waals surface area contributed by atoms with Gasteiger partial charge in [-0.05, 0) is 25.1 Å². The summed E-state index contributed by atoms with van der Waals surface area (Å²) in [6.45, 7) is 3.92. The van der Waals surface area contributed by atoms with Crippen LogP contribution in [-0.4, -0.2) is 32.1 Å². The smallest absolute Gasteiger partial charge is 0.290 e. The van der Waals surface area contributed by atoms with Crippen LogP contribution < -0.4 is 4.74 Å². The SMILES string of the molecule is Cc1nnc2n1CCN(C(=O)c1occc1COc1ccccc1)C2. The lowest BCUT2D eigenvalue weighted by Gasteiger charge is -2.27. The van der Waals surface area contributed by atoms with Crippen molar-refractivity contribution in [2.45, 2.75) is 26.6 Å². The summed E-state index contributed by atoms with van der Waals surface area (Å²) < 4.78 is 13.2. The van der Waals surface area contributed by atoms with Crippen LogP contribution in [0.4, 0.5) is 0 Å². The van der Waals surface area contributed by atoms with Gasteiger partial charge in [0.05, 0.1) is 12.8 Å². The first-order valence-electron chi connectivity index (χ1n) is 8.14. The van der Waals surface area contributed by atoms with Crippen molar-refractivity contribution in [1.29, 1.82) is 0 Å². The Hall–Kier alpha value is -3.09. The molecule has 2 aromatic heterocycles. The maximum atomic E-state index is 12.8. The molecule has 1 aliphatic heterocycles. The number of carbonyl (C=O) groups is 1. The fourth-order valence-corrected chi connectivity index (χ4v) is 2.93. The topological polar surface area (TPSA) is 73.4 Å². The number of ether oxygens (including phenoxy) is 1. The number of furan rings is 1. The number of amides is 1. The van der Waals surface area contributed by atoms with Crippen molar-refractivity contribution in [3.8, 4) is 5.75 Å². The van der Waals surface area contributed by atoms with Crippen LogP contribution in [0.5, 0.6) is 5.75 Å². The highest BCUT2D eigenvalue weighted by atomic mass is 16.5. The predicted octanol–water partition coefficient (Wildman–Crippen LogP) is 2.41. The summed E-state index contributed by atoms with van der Waals surface area (Å²) in [5.74, 6) is 2.59. The average molecular weight is 338 g/mol. The second kappa shape index (κ2) is 6.43. The van der Waals surface area contributed by atoms with Crippen LogP contribution in [0.25, 0.3) is 0 Å². The fourth-order valence-electron chi connectivity index (χ4n) is 2.93. The van der Waals surface area contributed by atoms with Crippen molar-refractivity contribution < 1.29 is 13.9 Å². The van der Waals surface area contributed by atoms with E-state index in [-0.39, 0.29) is 12.5 Å². The molecule has 0 fully saturated rings. The van der Waals surface area contributed by atoms with E-state index < -0.39 is 0 Å². The van der Waals surface area contributed by atoms with Gasteiger partial charge in [0.1, 0.15) is 18.2 Å². The first-order chi connectivity index (χ1) is 12.2. The van der Waals surface area contributed by atoms with Gasteiger partial charge in [-0.25, -0.2) is 0 Å². The summed E-state index contributed by atoms with van der Waals surface area (Å²) in [6, 6.07) is 11.3. The third-order valence-electron chi connectivity index (χ3n) is 4.30. The number of aromatic nitrogens is 3. The van der Waals surface area contributed by atoms with E-state index in [2.05, 4.69) is 10.2 Å². The minimum Gasteiger partial charge on any atom is -0.489 e. The maximum Gasteiger partial charge on any atom is 0.290 e. The molecule has 4 rings (SSSR count). The van der Waals surface area contributed by atoms with E-state index in [1.807, 2.05) is 41.8 Å². The predicted molar refractivity (Wildman–Crippen MR) is 89.0 cm³/mol. The largest absolute Gasteiger partial charge is 0.489 e. The number of para-hydroxylation sites is 1. The number of aryl methyl sites for hydroxylation is 1. The zero-order valence-electron chi connectivity index (χ0n) is 13.9. The highest BCUT2D eigenvalue weighted by molar-refractivity contribution is 5.92. The number of carbonyl (C=O) groups excluding carboxylic acids is 1. The van der Waals surface area contributed by atoms with Crippen molar-refractivity contribution in [2.75, 3.05) is 6.54 Å². The summed E-state index contributed by atoms with van der Waals surface area (Å²) >= 11 is 0. The molecular weight excluding hydrogens is 320 g/mol. The molecule has 0 saturated carbocycles. The van der Waals surface area contributed by atoms with Gasteiger partial charge in [-0.15, -0.1) is 10.2 Å². The van der Waals surface area contributed by atoms with Gasteiger partial charge in [0.15, 0.2) is 11.6 Å². The zero-order chi connectivity index (χ0) is 17.2. The molecule has 0 radical (unpaired) electrons. The molecule has 1 aliphatic rings. The Morgan fingerprint density at radius 3 is 2.88 bits per heavy atom. The third kappa shape index (κ3) is 3.00. The van der Waals surface area contributed by atoms with E-state index in [9.17, 15) is 4.79 Å². The molecule has 0 unspecified atom stereocenters. The van der Waals surface area contributed by atoms with Gasteiger partial charge in [-0.2, -0.15) is 0 Å². The molecular formula is C18H18N4O3. The number of hydrogen-bond acceptors (Lipinski definition) is 5.